The molecule has 1 saturated carbocycles. The molecule has 2 N–H and O–H groups in total. The number of rotatable bonds is 7. The Hall–Kier alpha value is -1.40. The lowest BCUT2D eigenvalue weighted by atomic mass is 10.1. The summed E-state index contributed by atoms with van der Waals surface area (Å²) < 4.78 is 5.75. The molecule has 0 bridgehead atoms. The predicted molar refractivity (Wildman–Crippen MR) is 100 cm³/mol. The first-order valence-corrected chi connectivity index (χ1v) is 9.99. The van der Waals surface area contributed by atoms with Crippen molar-refractivity contribution in [3.8, 4) is 0 Å². The van der Waals surface area contributed by atoms with Crippen molar-refractivity contribution in [3.05, 3.63) is 11.3 Å². The van der Waals surface area contributed by atoms with E-state index in [1.54, 1.807) is 0 Å². The molecule has 1 aromatic heterocycles. The molecular weight excluding hydrogens is 314 g/mol. The van der Waals surface area contributed by atoms with Gasteiger partial charge in [-0.15, -0.1) is 0 Å². The molecular formula is C19H31N5O. The van der Waals surface area contributed by atoms with Crippen molar-refractivity contribution >= 4 is 11.8 Å². The maximum atomic E-state index is 5.75. The Morgan fingerprint density at radius 1 is 1.20 bits per heavy atom. The monoisotopic (exact) mass is 345 g/mol. The first kappa shape index (κ1) is 17.0. The van der Waals surface area contributed by atoms with E-state index in [-0.39, 0.29) is 0 Å². The van der Waals surface area contributed by atoms with Crippen molar-refractivity contribution in [1.29, 1.82) is 0 Å². The highest BCUT2D eigenvalue weighted by molar-refractivity contribution is 5.53. The van der Waals surface area contributed by atoms with E-state index < -0.39 is 0 Å². The second-order valence-electron chi connectivity index (χ2n) is 7.66. The lowest BCUT2D eigenvalue weighted by Crippen LogP contribution is -2.24. The highest BCUT2D eigenvalue weighted by Crippen LogP contribution is 2.28. The maximum absolute atomic E-state index is 5.75. The summed E-state index contributed by atoms with van der Waals surface area (Å²) in [5.41, 5.74) is 2.56. The summed E-state index contributed by atoms with van der Waals surface area (Å²) >= 11 is 0. The second-order valence-corrected chi connectivity index (χ2v) is 7.66. The number of anilines is 2. The third kappa shape index (κ3) is 4.42. The third-order valence-electron chi connectivity index (χ3n) is 5.48. The van der Waals surface area contributed by atoms with E-state index in [1.807, 2.05) is 0 Å². The number of ether oxygens (including phenoxy) is 1. The first-order valence-electron chi connectivity index (χ1n) is 9.99. The fraction of sp³-hybridized carbons (Fsp3) is 0.789. The second kappa shape index (κ2) is 7.87. The zero-order chi connectivity index (χ0) is 17.1. The molecule has 0 spiro atoms. The van der Waals surface area contributed by atoms with Crippen LogP contribution in [0.2, 0.25) is 0 Å². The Bertz CT molecular complexity index is 583. The minimum absolute atomic E-state index is 0.479. The standard InChI is InChI=1S/C19H31N5O/c1-24(12-2-4-15-5-3-13-25-15)18-16-8-10-20-11-9-17(16)22-19(23-18)21-14-6-7-14/h14-15,20H,2-13H2,1H3,(H,21,22,23)/t15-/m1/s1. The summed E-state index contributed by atoms with van der Waals surface area (Å²) in [6.45, 7) is 4.00. The van der Waals surface area contributed by atoms with Crippen molar-refractivity contribution in [2.75, 3.05) is 43.5 Å². The van der Waals surface area contributed by atoms with Crippen LogP contribution in [-0.2, 0) is 17.6 Å². The average molecular weight is 345 g/mol. The Balaban J connectivity index is 1.46. The van der Waals surface area contributed by atoms with Gasteiger partial charge in [-0.25, -0.2) is 4.98 Å². The van der Waals surface area contributed by atoms with Gasteiger partial charge in [0.15, 0.2) is 0 Å². The van der Waals surface area contributed by atoms with Crippen LogP contribution in [0.4, 0.5) is 11.8 Å². The van der Waals surface area contributed by atoms with Gasteiger partial charge in [0.2, 0.25) is 5.95 Å². The van der Waals surface area contributed by atoms with Crippen molar-refractivity contribution in [2.45, 2.75) is 63.5 Å². The fourth-order valence-corrected chi connectivity index (χ4v) is 3.85. The quantitative estimate of drug-likeness (QED) is 0.789. The first-order chi connectivity index (χ1) is 12.3. The lowest BCUT2D eigenvalue weighted by molar-refractivity contribution is 0.103. The predicted octanol–water partition coefficient (Wildman–Crippen LogP) is 2.13. The van der Waals surface area contributed by atoms with Gasteiger partial charge >= 0.3 is 0 Å². The highest BCUT2D eigenvalue weighted by atomic mass is 16.5. The fourth-order valence-electron chi connectivity index (χ4n) is 3.85. The maximum Gasteiger partial charge on any atom is 0.225 e. The number of fused-ring (bicyclic) bond motifs is 1. The van der Waals surface area contributed by atoms with Crippen molar-refractivity contribution in [2.24, 2.45) is 0 Å². The van der Waals surface area contributed by atoms with Gasteiger partial charge in [0, 0.05) is 44.8 Å². The minimum atomic E-state index is 0.479. The van der Waals surface area contributed by atoms with Crippen LogP contribution in [0.3, 0.4) is 0 Å². The normalized spacial score (nSPS) is 23.2. The van der Waals surface area contributed by atoms with E-state index >= 15 is 0 Å². The van der Waals surface area contributed by atoms with E-state index in [9.17, 15) is 0 Å². The topological polar surface area (TPSA) is 62.3 Å². The summed E-state index contributed by atoms with van der Waals surface area (Å²) in [4.78, 5) is 12.1. The van der Waals surface area contributed by atoms with Gasteiger partial charge < -0.3 is 20.3 Å². The Morgan fingerprint density at radius 2 is 2.08 bits per heavy atom. The van der Waals surface area contributed by atoms with E-state index in [0.29, 0.717) is 12.1 Å². The molecule has 0 aromatic carbocycles. The zero-order valence-electron chi connectivity index (χ0n) is 15.4. The highest BCUT2D eigenvalue weighted by Gasteiger charge is 2.25. The molecule has 3 heterocycles. The van der Waals surface area contributed by atoms with E-state index in [1.165, 1.54) is 36.9 Å². The molecule has 1 saturated heterocycles. The number of hydrogen-bond donors (Lipinski definition) is 2. The summed E-state index contributed by atoms with van der Waals surface area (Å²) in [6.07, 6.45) is 9.75. The number of nitrogens with one attached hydrogen (secondary N) is 2. The van der Waals surface area contributed by atoms with Gasteiger partial charge in [-0.3, -0.25) is 0 Å². The van der Waals surface area contributed by atoms with E-state index in [0.717, 1.165) is 63.7 Å². The lowest BCUT2D eigenvalue weighted by Gasteiger charge is -2.23. The summed E-state index contributed by atoms with van der Waals surface area (Å²) in [7, 11) is 2.18. The average Bonchev–Trinajstić information content (AvgIpc) is 3.33. The summed E-state index contributed by atoms with van der Waals surface area (Å²) in [6, 6.07) is 0.583. The molecule has 6 heteroatoms. The molecule has 3 aliphatic rings. The molecule has 0 amide bonds. The van der Waals surface area contributed by atoms with Crippen molar-refractivity contribution in [1.82, 2.24) is 15.3 Å². The van der Waals surface area contributed by atoms with Crippen LogP contribution < -0.4 is 15.5 Å². The molecule has 138 valence electrons. The number of nitrogens with zero attached hydrogens (tertiary/aromatic N) is 3. The van der Waals surface area contributed by atoms with E-state index in [4.69, 9.17) is 14.7 Å². The van der Waals surface area contributed by atoms with Crippen LogP contribution in [0.25, 0.3) is 0 Å². The molecule has 0 radical (unpaired) electrons. The molecule has 2 fully saturated rings. The van der Waals surface area contributed by atoms with Crippen LogP contribution in [0.5, 0.6) is 0 Å². The van der Waals surface area contributed by atoms with Gasteiger partial charge in [0.1, 0.15) is 5.82 Å². The van der Waals surface area contributed by atoms with Gasteiger partial charge in [-0.1, -0.05) is 0 Å². The smallest absolute Gasteiger partial charge is 0.225 e. The molecule has 1 atom stereocenters. The Kier molecular flexibility index (Phi) is 5.36. The van der Waals surface area contributed by atoms with Crippen LogP contribution in [0, 0.1) is 0 Å². The summed E-state index contributed by atoms with van der Waals surface area (Å²) in [5, 5.41) is 6.98. The molecule has 6 nitrogen and oxygen atoms in total. The zero-order valence-corrected chi connectivity index (χ0v) is 15.4. The largest absolute Gasteiger partial charge is 0.378 e. The van der Waals surface area contributed by atoms with Gasteiger partial charge in [-0.05, 0) is 51.5 Å². The molecule has 0 unspecified atom stereocenters. The van der Waals surface area contributed by atoms with Crippen LogP contribution in [0.1, 0.15) is 49.8 Å². The van der Waals surface area contributed by atoms with Crippen LogP contribution in [-0.4, -0.2) is 55.4 Å². The SMILES string of the molecule is CN(CCC[C@@H]1CCCO1)c1nc(NC2CC2)nc2c1CCNCC2. The van der Waals surface area contributed by atoms with Gasteiger partial charge in [0.05, 0.1) is 11.8 Å². The Labute approximate surface area is 150 Å². The van der Waals surface area contributed by atoms with Crippen LogP contribution in [0.15, 0.2) is 0 Å². The minimum Gasteiger partial charge on any atom is -0.378 e. The molecule has 4 rings (SSSR count). The van der Waals surface area contributed by atoms with Crippen molar-refractivity contribution < 1.29 is 4.74 Å². The van der Waals surface area contributed by atoms with Crippen LogP contribution >= 0.6 is 0 Å². The third-order valence-corrected chi connectivity index (χ3v) is 5.48. The number of aromatic nitrogens is 2. The molecule has 1 aliphatic carbocycles. The number of hydrogen-bond acceptors (Lipinski definition) is 6. The van der Waals surface area contributed by atoms with E-state index in [2.05, 4.69) is 22.6 Å². The Morgan fingerprint density at radius 3 is 2.88 bits per heavy atom. The van der Waals surface area contributed by atoms with Crippen molar-refractivity contribution in [3.63, 3.8) is 0 Å². The van der Waals surface area contributed by atoms with Gasteiger partial charge in [-0.2, -0.15) is 4.98 Å². The summed E-state index contributed by atoms with van der Waals surface area (Å²) in [5.74, 6) is 1.95. The molecule has 2 aliphatic heterocycles. The molecule has 1 aromatic rings. The molecule has 25 heavy (non-hydrogen) atoms. The van der Waals surface area contributed by atoms with Gasteiger partial charge in [0.25, 0.3) is 0 Å².